The van der Waals surface area contributed by atoms with E-state index in [9.17, 15) is 4.79 Å². The molecule has 2 aromatic heterocycles. The van der Waals surface area contributed by atoms with Crippen LogP contribution in [-0.2, 0) is 13.1 Å². The van der Waals surface area contributed by atoms with Gasteiger partial charge in [0, 0.05) is 17.5 Å². The number of H-pyrrole nitrogens is 1. The number of rotatable bonds is 8. The van der Waals surface area contributed by atoms with Gasteiger partial charge in [-0.15, -0.1) is 11.3 Å². The van der Waals surface area contributed by atoms with E-state index in [0.717, 1.165) is 33.8 Å². The van der Waals surface area contributed by atoms with Crippen LogP contribution in [0.3, 0.4) is 0 Å². The van der Waals surface area contributed by atoms with E-state index in [2.05, 4.69) is 16.5 Å². The molecule has 30 heavy (non-hydrogen) atoms. The third kappa shape index (κ3) is 4.50. The molecule has 0 aliphatic rings. The van der Waals surface area contributed by atoms with Gasteiger partial charge in [0.15, 0.2) is 0 Å². The van der Waals surface area contributed by atoms with Crippen LogP contribution in [0.1, 0.15) is 11.4 Å². The summed E-state index contributed by atoms with van der Waals surface area (Å²) in [5.41, 5.74) is 3.03. The van der Waals surface area contributed by atoms with Gasteiger partial charge in [0.1, 0.15) is 23.0 Å². The lowest BCUT2D eigenvalue weighted by Gasteiger charge is -2.16. The maximum Gasteiger partial charge on any atom is 0.260 e. The number of ether oxygens (including phenoxy) is 1. The van der Waals surface area contributed by atoms with Crippen LogP contribution in [0.15, 0.2) is 77.4 Å². The summed E-state index contributed by atoms with van der Waals surface area (Å²) >= 11 is 1.51. The van der Waals surface area contributed by atoms with Crippen molar-refractivity contribution in [2.45, 2.75) is 13.1 Å². The second kappa shape index (κ2) is 9.07. The first-order valence-corrected chi connectivity index (χ1v) is 10.6. The Labute approximate surface area is 179 Å². The van der Waals surface area contributed by atoms with Crippen LogP contribution in [0.2, 0.25) is 0 Å². The molecule has 0 aliphatic heterocycles. The van der Waals surface area contributed by atoms with Crippen molar-refractivity contribution in [2.24, 2.45) is 0 Å². The van der Waals surface area contributed by atoms with Gasteiger partial charge in [-0.3, -0.25) is 9.69 Å². The molecule has 0 aliphatic carbocycles. The molecule has 6 heteroatoms. The van der Waals surface area contributed by atoms with Gasteiger partial charge in [0.05, 0.1) is 11.9 Å². The Morgan fingerprint density at radius 3 is 2.63 bits per heavy atom. The molecular weight excluding hydrogens is 394 g/mol. The fraction of sp³-hybridized carbons (Fsp3) is 0.167. The minimum atomic E-state index is -0.0905. The molecule has 1 N–H and O–H groups in total. The third-order valence-corrected chi connectivity index (χ3v) is 5.61. The molecule has 0 radical (unpaired) electrons. The molecule has 0 saturated heterocycles. The van der Waals surface area contributed by atoms with E-state index in [1.54, 1.807) is 6.08 Å². The minimum absolute atomic E-state index is 0.0905. The normalized spacial score (nSPS) is 11.1. The monoisotopic (exact) mass is 417 g/mol. The Kier molecular flexibility index (Phi) is 6.07. The first kappa shape index (κ1) is 20.1. The van der Waals surface area contributed by atoms with E-state index in [1.807, 2.05) is 67.0 Å². The van der Waals surface area contributed by atoms with Crippen molar-refractivity contribution in [3.63, 3.8) is 0 Å². The summed E-state index contributed by atoms with van der Waals surface area (Å²) in [6.07, 6.45) is 1.72. The maximum atomic E-state index is 12.8. The number of hydrogen-bond acceptors (Lipinski definition) is 5. The van der Waals surface area contributed by atoms with Gasteiger partial charge in [0.2, 0.25) is 0 Å². The van der Waals surface area contributed by atoms with Gasteiger partial charge in [0.25, 0.3) is 5.56 Å². The average molecular weight is 418 g/mol. The zero-order chi connectivity index (χ0) is 20.9. The van der Waals surface area contributed by atoms with E-state index in [-0.39, 0.29) is 5.56 Å². The van der Waals surface area contributed by atoms with E-state index in [4.69, 9.17) is 9.72 Å². The zero-order valence-corrected chi connectivity index (χ0v) is 17.6. The van der Waals surface area contributed by atoms with Crippen LogP contribution in [0.4, 0.5) is 0 Å². The second-order valence-corrected chi connectivity index (χ2v) is 7.98. The number of aromatic amines is 1. The molecule has 0 spiro atoms. The van der Waals surface area contributed by atoms with Crippen molar-refractivity contribution in [2.75, 3.05) is 13.7 Å². The van der Waals surface area contributed by atoms with Gasteiger partial charge in [-0.05, 0) is 30.3 Å². The summed E-state index contributed by atoms with van der Waals surface area (Å²) in [6, 6.07) is 17.9. The summed E-state index contributed by atoms with van der Waals surface area (Å²) in [4.78, 5) is 23.3. The van der Waals surface area contributed by atoms with Crippen LogP contribution in [0.25, 0.3) is 21.3 Å². The third-order valence-electron chi connectivity index (χ3n) is 4.74. The predicted octanol–water partition coefficient (Wildman–Crippen LogP) is 4.85. The maximum absolute atomic E-state index is 12.8. The first-order valence-electron chi connectivity index (χ1n) is 9.71. The molecule has 152 valence electrons. The molecule has 4 rings (SSSR count). The number of nitrogens with one attached hydrogen (secondary N) is 1. The number of benzene rings is 2. The SMILES string of the molecule is C=CCOc1ccc(CN(C)Cc2nc3scc(-c4ccccc4)c3c(=O)[nH]2)cc1. The molecule has 0 unspecified atom stereocenters. The molecule has 5 nitrogen and oxygen atoms in total. The van der Waals surface area contributed by atoms with Crippen molar-refractivity contribution in [3.8, 4) is 16.9 Å². The molecule has 0 saturated carbocycles. The van der Waals surface area contributed by atoms with Crippen LogP contribution < -0.4 is 10.3 Å². The molecule has 0 amide bonds. The summed E-state index contributed by atoms with van der Waals surface area (Å²) in [5, 5.41) is 2.67. The highest BCUT2D eigenvalue weighted by Crippen LogP contribution is 2.30. The second-order valence-electron chi connectivity index (χ2n) is 7.12. The summed E-state index contributed by atoms with van der Waals surface area (Å²) < 4.78 is 5.52. The fourth-order valence-corrected chi connectivity index (χ4v) is 4.33. The van der Waals surface area contributed by atoms with Crippen LogP contribution in [0, 0.1) is 0 Å². The van der Waals surface area contributed by atoms with Gasteiger partial charge in [-0.2, -0.15) is 0 Å². The van der Waals surface area contributed by atoms with Gasteiger partial charge in [-0.25, -0.2) is 4.98 Å². The predicted molar refractivity (Wildman–Crippen MR) is 123 cm³/mol. The Hall–Kier alpha value is -3.22. The van der Waals surface area contributed by atoms with Crippen LogP contribution in [0.5, 0.6) is 5.75 Å². The minimum Gasteiger partial charge on any atom is -0.490 e. The molecule has 4 aromatic rings. The van der Waals surface area contributed by atoms with Crippen LogP contribution in [-0.4, -0.2) is 28.5 Å². The van der Waals surface area contributed by atoms with E-state index < -0.39 is 0 Å². The number of nitrogens with zero attached hydrogens (tertiary/aromatic N) is 2. The summed E-state index contributed by atoms with van der Waals surface area (Å²) in [5.74, 6) is 1.49. The number of aromatic nitrogens is 2. The standard InChI is InChI=1S/C24H23N3O2S/c1-3-13-29-19-11-9-17(10-12-19)14-27(2)15-21-25-23(28)22-20(16-30-24(22)26-21)18-7-5-4-6-8-18/h3-12,16H,1,13-15H2,2H3,(H,25,26,28). The lowest BCUT2D eigenvalue weighted by Crippen LogP contribution is -2.21. The van der Waals surface area contributed by atoms with Gasteiger partial charge < -0.3 is 9.72 Å². The summed E-state index contributed by atoms with van der Waals surface area (Å²) in [7, 11) is 2.01. The van der Waals surface area contributed by atoms with Crippen molar-refractivity contribution in [1.82, 2.24) is 14.9 Å². The molecule has 2 heterocycles. The van der Waals surface area contributed by atoms with E-state index >= 15 is 0 Å². The number of hydrogen-bond donors (Lipinski definition) is 1. The average Bonchev–Trinajstić information content (AvgIpc) is 3.18. The first-order chi connectivity index (χ1) is 14.6. The lowest BCUT2D eigenvalue weighted by atomic mass is 10.1. The zero-order valence-electron chi connectivity index (χ0n) is 16.8. The molecule has 0 atom stereocenters. The summed E-state index contributed by atoms with van der Waals surface area (Å²) in [6.45, 7) is 5.44. The number of fused-ring (bicyclic) bond motifs is 1. The van der Waals surface area contributed by atoms with Crippen molar-refractivity contribution in [1.29, 1.82) is 0 Å². The Bertz CT molecular complexity index is 1200. The van der Waals surface area contributed by atoms with E-state index in [1.165, 1.54) is 11.3 Å². The Balaban J connectivity index is 1.49. The highest BCUT2D eigenvalue weighted by molar-refractivity contribution is 7.17. The van der Waals surface area contributed by atoms with Gasteiger partial charge in [-0.1, -0.05) is 55.1 Å². The quantitative estimate of drug-likeness (QED) is 0.417. The highest BCUT2D eigenvalue weighted by Gasteiger charge is 2.13. The van der Waals surface area contributed by atoms with Crippen LogP contribution >= 0.6 is 11.3 Å². The van der Waals surface area contributed by atoms with Crippen molar-refractivity contribution in [3.05, 3.63) is 94.4 Å². The molecular formula is C24H23N3O2S. The molecule has 2 aromatic carbocycles. The Morgan fingerprint density at radius 2 is 1.90 bits per heavy atom. The smallest absolute Gasteiger partial charge is 0.260 e. The lowest BCUT2D eigenvalue weighted by molar-refractivity contribution is 0.310. The van der Waals surface area contributed by atoms with E-state index in [0.29, 0.717) is 24.4 Å². The van der Waals surface area contributed by atoms with Gasteiger partial charge >= 0.3 is 0 Å². The molecule has 0 bridgehead atoms. The Morgan fingerprint density at radius 1 is 1.13 bits per heavy atom. The van der Waals surface area contributed by atoms with Crippen molar-refractivity contribution >= 4 is 21.6 Å². The highest BCUT2D eigenvalue weighted by atomic mass is 32.1. The largest absolute Gasteiger partial charge is 0.490 e. The number of thiophene rings is 1. The van der Waals surface area contributed by atoms with Crippen molar-refractivity contribution < 1.29 is 4.74 Å². The molecule has 0 fully saturated rings. The topological polar surface area (TPSA) is 58.2 Å². The fourth-order valence-electron chi connectivity index (χ4n) is 3.37.